The van der Waals surface area contributed by atoms with Gasteiger partial charge in [-0.2, -0.15) is 0 Å². The van der Waals surface area contributed by atoms with Crippen LogP contribution in [0.2, 0.25) is 0 Å². The van der Waals surface area contributed by atoms with Crippen LogP contribution in [-0.4, -0.2) is 24.5 Å². The Morgan fingerprint density at radius 1 is 1.15 bits per heavy atom. The number of carbonyl (C=O) groups is 2. The number of nitrogens with one attached hydrogen (secondary N) is 2. The average molecular weight is 369 g/mol. The SMILES string of the molecule is CCCCc1ccc(NC(=O)N[C@@H]2CC(=O)N(c3ccc(F)cc3)C2)cc1. The minimum Gasteiger partial charge on any atom is -0.333 e. The number of urea groups is 1. The van der Waals surface area contributed by atoms with Gasteiger partial charge in [-0.05, 0) is 54.8 Å². The van der Waals surface area contributed by atoms with E-state index in [1.165, 1.54) is 17.7 Å². The second-order valence-corrected chi connectivity index (χ2v) is 6.78. The van der Waals surface area contributed by atoms with Gasteiger partial charge in [-0.3, -0.25) is 4.79 Å². The Morgan fingerprint density at radius 3 is 2.52 bits per heavy atom. The van der Waals surface area contributed by atoms with Crippen LogP contribution >= 0.6 is 0 Å². The van der Waals surface area contributed by atoms with Gasteiger partial charge in [-0.25, -0.2) is 9.18 Å². The molecule has 0 spiro atoms. The second-order valence-electron chi connectivity index (χ2n) is 6.78. The van der Waals surface area contributed by atoms with Crippen molar-refractivity contribution in [3.05, 3.63) is 59.9 Å². The van der Waals surface area contributed by atoms with Crippen LogP contribution < -0.4 is 15.5 Å². The highest BCUT2D eigenvalue weighted by Gasteiger charge is 2.31. The summed E-state index contributed by atoms with van der Waals surface area (Å²) in [6.07, 6.45) is 3.55. The first-order chi connectivity index (χ1) is 13.0. The van der Waals surface area contributed by atoms with Crippen LogP contribution in [0.1, 0.15) is 31.7 Å². The van der Waals surface area contributed by atoms with E-state index < -0.39 is 0 Å². The molecule has 3 amide bonds. The molecule has 0 bridgehead atoms. The largest absolute Gasteiger partial charge is 0.333 e. The van der Waals surface area contributed by atoms with E-state index in [1.807, 2.05) is 24.3 Å². The number of carbonyl (C=O) groups excluding carboxylic acids is 2. The number of anilines is 2. The quantitative estimate of drug-likeness (QED) is 0.805. The van der Waals surface area contributed by atoms with Crippen molar-refractivity contribution in [2.24, 2.45) is 0 Å². The van der Waals surface area contributed by atoms with Crippen molar-refractivity contribution in [3.8, 4) is 0 Å². The van der Waals surface area contributed by atoms with Gasteiger partial charge in [0.1, 0.15) is 5.82 Å². The number of nitrogens with zero attached hydrogens (tertiary/aromatic N) is 1. The number of unbranched alkanes of at least 4 members (excludes halogenated alkanes) is 1. The lowest BCUT2D eigenvalue weighted by Gasteiger charge is -2.17. The first kappa shape index (κ1) is 18.9. The van der Waals surface area contributed by atoms with Crippen LogP contribution in [0.15, 0.2) is 48.5 Å². The molecular formula is C21H24FN3O2. The Labute approximate surface area is 158 Å². The average Bonchev–Trinajstić information content (AvgIpc) is 3.01. The van der Waals surface area contributed by atoms with Gasteiger partial charge in [0, 0.05) is 24.3 Å². The Morgan fingerprint density at radius 2 is 1.85 bits per heavy atom. The topological polar surface area (TPSA) is 61.4 Å². The monoisotopic (exact) mass is 369 g/mol. The summed E-state index contributed by atoms with van der Waals surface area (Å²) in [6.45, 7) is 2.53. The number of hydrogen-bond donors (Lipinski definition) is 2. The molecule has 0 saturated carbocycles. The third-order valence-electron chi connectivity index (χ3n) is 4.63. The van der Waals surface area contributed by atoms with Crippen LogP contribution in [0.25, 0.3) is 0 Å². The Hall–Kier alpha value is -2.89. The first-order valence-corrected chi connectivity index (χ1v) is 9.27. The third kappa shape index (κ3) is 5.06. The Bertz CT molecular complexity index is 790. The fourth-order valence-corrected chi connectivity index (χ4v) is 3.16. The van der Waals surface area contributed by atoms with Crippen molar-refractivity contribution < 1.29 is 14.0 Å². The van der Waals surface area contributed by atoms with E-state index >= 15 is 0 Å². The molecule has 142 valence electrons. The van der Waals surface area contributed by atoms with Crippen molar-refractivity contribution >= 4 is 23.3 Å². The van der Waals surface area contributed by atoms with Gasteiger partial charge in [0.15, 0.2) is 0 Å². The molecule has 2 N–H and O–H groups in total. The summed E-state index contributed by atoms with van der Waals surface area (Å²) in [5.41, 5.74) is 2.60. The van der Waals surface area contributed by atoms with Crippen molar-refractivity contribution in [1.29, 1.82) is 0 Å². The van der Waals surface area contributed by atoms with Crippen molar-refractivity contribution in [2.75, 3.05) is 16.8 Å². The predicted octanol–water partition coefficient (Wildman–Crippen LogP) is 4.10. The number of amides is 3. The van der Waals surface area contributed by atoms with Crippen LogP contribution in [0, 0.1) is 5.82 Å². The van der Waals surface area contributed by atoms with Gasteiger partial charge in [-0.15, -0.1) is 0 Å². The zero-order valence-electron chi connectivity index (χ0n) is 15.4. The number of hydrogen-bond acceptors (Lipinski definition) is 2. The normalized spacial score (nSPS) is 16.4. The molecule has 6 heteroatoms. The Balaban J connectivity index is 1.52. The van der Waals surface area contributed by atoms with Crippen molar-refractivity contribution in [2.45, 2.75) is 38.6 Å². The summed E-state index contributed by atoms with van der Waals surface area (Å²) < 4.78 is 13.0. The summed E-state index contributed by atoms with van der Waals surface area (Å²) in [5, 5.41) is 5.63. The maximum atomic E-state index is 13.0. The molecule has 0 radical (unpaired) electrons. The van der Waals surface area contributed by atoms with Crippen molar-refractivity contribution in [1.82, 2.24) is 5.32 Å². The van der Waals surface area contributed by atoms with Crippen molar-refractivity contribution in [3.63, 3.8) is 0 Å². The molecule has 0 aromatic heterocycles. The molecule has 1 saturated heterocycles. The maximum Gasteiger partial charge on any atom is 0.319 e. The molecule has 2 aromatic rings. The fraction of sp³-hybridized carbons (Fsp3) is 0.333. The summed E-state index contributed by atoms with van der Waals surface area (Å²) in [4.78, 5) is 26.0. The molecule has 1 aliphatic rings. The first-order valence-electron chi connectivity index (χ1n) is 9.27. The van der Waals surface area contributed by atoms with E-state index in [0.29, 0.717) is 17.9 Å². The highest BCUT2D eigenvalue weighted by molar-refractivity contribution is 5.97. The van der Waals surface area contributed by atoms with E-state index in [0.717, 1.165) is 19.3 Å². The Kier molecular flexibility index (Phi) is 6.06. The fourth-order valence-electron chi connectivity index (χ4n) is 3.16. The lowest BCUT2D eigenvalue weighted by molar-refractivity contribution is -0.117. The molecule has 27 heavy (non-hydrogen) atoms. The van der Waals surface area contributed by atoms with Gasteiger partial charge in [0.05, 0.1) is 6.04 Å². The summed E-state index contributed by atoms with van der Waals surface area (Å²) in [6, 6.07) is 12.9. The standard InChI is InChI=1S/C21H24FN3O2/c1-2-3-4-15-5-9-17(10-6-15)23-21(27)24-18-13-20(26)25(14-18)19-11-7-16(22)8-12-19/h5-12,18H,2-4,13-14H2,1H3,(H2,23,24,27)/t18-/m1/s1. The molecule has 5 nitrogen and oxygen atoms in total. The highest BCUT2D eigenvalue weighted by atomic mass is 19.1. The smallest absolute Gasteiger partial charge is 0.319 e. The van der Waals surface area contributed by atoms with Gasteiger partial charge in [-0.1, -0.05) is 25.5 Å². The summed E-state index contributed by atoms with van der Waals surface area (Å²) in [5.74, 6) is -0.438. The molecule has 1 atom stereocenters. The van der Waals surface area contributed by atoms with E-state index in [2.05, 4.69) is 17.6 Å². The van der Waals surface area contributed by atoms with Crippen LogP contribution in [0.4, 0.5) is 20.6 Å². The molecule has 1 heterocycles. The van der Waals surface area contributed by atoms with E-state index in [9.17, 15) is 14.0 Å². The lowest BCUT2D eigenvalue weighted by Crippen LogP contribution is -2.39. The molecule has 0 unspecified atom stereocenters. The number of halogens is 1. The number of rotatable bonds is 6. The van der Waals surface area contributed by atoms with E-state index in [1.54, 1.807) is 17.0 Å². The molecule has 2 aromatic carbocycles. The lowest BCUT2D eigenvalue weighted by atomic mass is 10.1. The predicted molar refractivity (Wildman–Crippen MR) is 104 cm³/mol. The van der Waals surface area contributed by atoms with Crippen LogP contribution in [0.5, 0.6) is 0 Å². The molecule has 1 fully saturated rings. The van der Waals surface area contributed by atoms with E-state index in [4.69, 9.17) is 0 Å². The zero-order valence-corrected chi connectivity index (χ0v) is 15.4. The van der Waals surface area contributed by atoms with Gasteiger partial charge < -0.3 is 15.5 Å². The second kappa shape index (κ2) is 8.66. The number of benzene rings is 2. The minimum atomic E-state index is -0.347. The zero-order chi connectivity index (χ0) is 19.2. The molecular weight excluding hydrogens is 345 g/mol. The van der Waals surface area contributed by atoms with Crippen LogP contribution in [0.3, 0.4) is 0 Å². The molecule has 3 rings (SSSR count). The summed E-state index contributed by atoms with van der Waals surface area (Å²) >= 11 is 0. The van der Waals surface area contributed by atoms with Gasteiger partial charge in [0.25, 0.3) is 0 Å². The van der Waals surface area contributed by atoms with Crippen LogP contribution in [-0.2, 0) is 11.2 Å². The molecule has 0 aliphatic carbocycles. The minimum absolute atomic E-state index is 0.0906. The highest BCUT2D eigenvalue weighted by Crippen LogP contribution is 2.22. The molecule has 1 aliphatic heterocycles. The van der Waals surface area contributed by atoms with Gasteiger partial charge in [0.2, 0.25) is 5.91 Å². The van der Waals surface area contributed by atoms with E-state index in [-0.39, 0.29) is 30.2 Å². The summed E-state index contributed by atoms with van der Waals surface area (Å²) in [7, 11) is 0. The number of aryl methyl sites for hydroxylation is 1. The maximum absolute atomic E-state index is 13.0. The third-order valence-corrected chi connectivity index (χ3v) is 4.63. The van der Waals surface area contributed by atoms with Gasteiger partial charge >= 0.3 is 6.03 Å².